The normalized spacial score (nSPS) is 34.1. The Morgan fingerprint density at radius 2 is 1.66 bits per heavy atom. The fourth-order valence-corrected chi connectivity index (χ4v) is 4.60. The maximum atomic E-state index is 10.2. The van der Waals surface area contributed by atoms with Crippen molar-refractivity contribution in [3.05, 3.63) is 41.5 Å². The van der Waals surface area contributed by atoms with Crippen molar-refractivity contribution in [3.8, 4) is 28.7 Å². The van der Waals surface area contributed by atoms with E-state index in [1.807, 2.05) is 18.2 Å². The zero-order valence-electron chi connectivity index (χ0n) is 16.8. The second kappa shape index (κ2) is 7.39. The SMILES string of the molecule is OCC1OC(Oc2ccc3c(c2)OC[C@H]2c4cc5c(cc4O[C@@H]32)OCO5)C(O)C(O)C1O. The molecule has 1 saturated heterocycles. The first-order valence-corrected chi connectivity index (χ1v) is 10.4. The molecule has 2 aromatic carbocycles. The van der Waals surface area contributed by atoms with Crippen LogP contribution in [0.5, 0.6) is 28.7 Å². The van der Waals surface area contributed by atoms with Gasteiger partial charge >= 0.3 is 0 Å². The predicted molar refractivity (Wildman–Crippen MR) is 105 cm³/mol. The van der Waals surface area contributed by atoms with Crippen molar-refractivity contribution in [2.24, 2.45) is 0 Å². The Morgan fingerprint density at radius 3 is 2.47 bits per heavy atom. The van der Waals surface area contributed by atoms with Crippen molar-refractivity contribution >= 4 is 0 Å². The fraction of sp³-hybridized carbons (Fsp3) is 0.455. The average Bonchev–Trinajstić information content (AvgIpc) is 3.41. The second-order valence-corrected chi connectivity index (χ2v) is 8.21. The first-order chi connectivity index (χ1) is 15.5. The lowest BCUT2D eigenvalue weighted by atomic mass is 9.89. The van der Waals surface area contributed by atoms with Crippen LogP contribution < -0.4 is 23.7 Å². The number of benzene rings is 2. The summed E-state index contributed by atoms with van der Waals surface area (Å²) in [6.45, 7) is 0.0648. The van der Waals surface area contributed by atoms with Gasteiger partial charge in [-0.25, -0.2) is 0 Å². The van der Waals surface area contributed by atoms with Crippen molar-refractivity contribution in [1.82, 2.24) is 0 Å². The maximum absolute atomic E-state index is 10.2. The number of hydrogen-bond acceptors (Lipinski definition) is 10. The van der Waals surface area contributed by atoms with E-state index in [1.54, 1.807) is 12.1 Å². The number of aliphatic hydroxyl groups is 4. The van der Waals surface area contributed by atoms with Crippen molar-refractivity contribution < 1.29 is 48.8 Å². The molecule has 5 unspecified atom stereocenters. The summed E-state index contributed by atoms with van der Waals surface area (Å²) in [5.41, 5.74) is 1.85. The smallest absolute Gasteiger partial charge is 0.231 e. The van der Waals surface area contributed by atoms with Crippen LogP contribution in [0.15, 0.2) is 30.3 Å². The van der Waals surface area contributed by atoms with Gasteiger partial charge in [0.15, 0.2) is 11.5 Å². The highest BCUT2D eigenvalue weighted by Crippen LogP contribution is 2.54. The molecular weight excluding hydrogens is 424 g/mol. The summed E-state index contributed by atoms with van der Waals surface area (Å²) >= 11 is 0. The molecular formula is C22H22O10. The Balaban J connectivity index is 1.23. The number of ether oxygens (including phenoxy) is 6. The lowest BCUT2D eigenvalue weighted by molar-refractivity contribution is -0.277. The average molecular weight is 446 g/mol. The highest BCUT2D eigenvalue weighted by molar-refractivity contribution is 5.57. The Bertz CT molecular complexity index is 1040. The summed E-state index contributed by atoms with van der Waals surface area (Å²) in [5.74, 6) is 3.00. The van der Waals surface area contributed by atoms with Gasteiger partial charge in [-0.2, -0.15) is 0 Å². The lowest BCUT2D eigenvalue weighted by Gasteiger charge is -2.39. The molecule has 4 heterocycles. The monoisotopic (exact) mass is 446 g/mol. The highest BCUT2D eigenvalue weighted by Gasteiger charge is 2.45. The molecule has 4 aliphatic rings. The lowest BCUT2D eigenvalue weighted by Crippen LogP contribution is -2.60. The molecule has 6 rings (SSSR count). The van der Waals surface area contributed by atoms with Gasteiger partial charge in [0.05, 0.1) is 19.1 Å². The standard InChI is InChI=1S/C22H22O10/c23-6-17-18(24)19(25)20(26)22(32-17)30-9-1-2-10-13(3-9)27-7-12-11-4-15-16(29-8-28-15)5-14(11)31-21(10)12/h1-5,12,17-26H,6-8H2/t12-,17?,18?,19?,20?,21-,22?/m0/s1. The molecule has 4 N–H and O–H groups in total. The second-order valence-electron chi connectivity index (χ2n) is 8.21. The van der Waals surface area contributed by atoms with Crippen LogP contribution >= 0.6 is 0 Å². The van der Waals surface area contributed by atoms with Gasteiger partial charge in [-0.1, -0.05) is 0 Å². The summed E-state index contributed by atoms with van der Waals surface area (Å²) < 4.78 is 34.2. The molecule has 0 amide bonds. The van der Waals surface area contributed by atoms with E-state index in [4.69, 9.17) is 28.4 Å². The summed E-state index contributed by atoms with van der Waals surface area (Å²) in [6.07, 6.45) is -7.01. The van der Waals surface area contributed by atoms with Gasteiger partial charge in [0, 0.05) is 23.3 Å². The summed E-state index contributed by atoms with van der Waals surface area (Å²) in [7, 11) is 0. The number of rotatable bonds is 3. The van der Waals surface area contributed by atoms with E-state index < -0.39 is 37.3 Å². The fourth-order valence-electron chi connectivity index (χ4n) is 4.60. The van der Waals surface area contributed by atoms with E-state index in [-0.39, 0.29) is 18.8 Å². The molecule has 2 aromatic rings. The Labute approximate surface area is 182 Å². The molecule has 0 bridgehead atoms. The van der Waals surface area contributed by atoms with E-state index in [2.05, 4.69) is 0 Å². The first kappa shape index (κ1) is 19.9. The van der Waals surface area contributed by atoms with Crippen molar-refractivity contribution in [1.29, 1.82) is 0 Å². The molecule has 32 heavy (non-hydrogen) atoms. The van der Waals surface area contributed by atoms with Crippen molar-refractivity contribution in [3.63, 3.8) is 0 Å². The van der Waals surface area contributed by atoms with E-state index in [9.17, 15) is 20.4 Å². The molecule has 0 aromatic heterocycles. The third-order valence-electron chi connectivity index (χ3n) is 6.33. The Hall–Kier alpha value is -2.76. The van der Waals surface area contributed by atoms with Crippen LogP contribution in [-0.4, -0.2) is 71.1 Å². The van der Waals surface area contributed by atoms with Crippen LogP contribution in [0.2, 0.25) is 0 Å². The van der Waals surface area contributed by atoms with Crippen molar-refractivity contribution in [2.75, 3.05) is 20.0 Å². The van der Waals surface area contributed by atoms with E-state index in [1.165, 1.54) is 0 Å². The topological polar surface area (TPSA) is 136 Å². The van der Waals surface area contributed by atoms with Crippen LogP contribution in [0.25, 0.3) is 0 Å². The van der Waals surface area contributed by atoms with Gasteiger partial charge in [-0.3, -0.25) is 0 Å². The molecule has 0 radical (unpaired) electrons. The molecule has 10 nitrogen and oxygen atoms in total. The minimum atomic E-state index is -1.51. The molecule has 4 aliphatic heterocycles. The molecule has 10 heteroatoms. The third kappa shape index (κ3) is 2.99. The first-order valence-electron chi connectivity index (χ1n) is 10.4. The van der Waals surface area contributed by atoms with Crippen molar-refractivity contribution in [2.45, 2.75) is 42.7 Å². The summed E-state index contributed by atoms with van der Waals surface area (Å²) in [5, 5.41) is 39.4. The van der Waals surface area contributed by atoms with Gasteiger partial charge < -0.3 is 48.8 Å². The minimum absolute atomic E-state index is 0.00390. The quantitative estimate of drug-likeness (QED) is 0.518. The Morgan fingerprint density at radius 1 is 0.844 bits per heavy atom. The van der Waals surface area contributed by atoms with E-state index in [0.29, 0.717) is 29.6 Å². The van der Waals surface area contributed by atoms with Crippen LogP contribution in [0.3, 0.4) is 0 Å². The molecule has 0 saturated carbocycles. The summed E-state index contributed by atoms with van der Waals surface area (Å²) in [6, 6.07) is 8.94. The number of hydrogen-bond donors (Lipinski definition) is 4. The molecule has 1 fully saturated rings. The van der Waals surface area contributed by atoms with Crippen LogP contribution in [-0.2, 0) is 4.74 Å². The van der Waals surface area contributed by atoms with E-state index in [0.717, 1.165) is 16.9 Å². The highest BCUT2D eigenvalue weighted by atomic mass is 16.7. The molecule has 7 atom stereocenters. The van der Waals surface area contributed by atoms with Gasteiger partial charge in [-0.15, -0.1) is 0 Å². The maximum Gasteiger partial charge on any atom is 0.231 e. The zero-order chi connectivity index (χ0) is 22.0. The Kier molecular flexibility index (Phi) is 4.60. The molecule has 0 spiro atoms. The summed E-state index contributed by atoms with van der Waals surface area (Å²) in [4.78, 5) is 0. The zero-order valence-corrected chi connectivity index (χ0v) is 16.8. The predicted octanol–water partition coefficient (Wildman–Crippen LogP) is 0.204. The third-order valence-corrected chi connectivity index (χ3v) is 6.33. The molecule has 0 aliphatic carbocycles. The molecule has 170 valence electrons. The van der Waals surface area contributed by atoms with Crippen LogP contribution in [0.1, 0.15) is 23.1 Å². The van der Waals surface area contributed by atoms with Crippen LogP contribution in [0, 0.1) is 0 Å². The van der Waals surface area contributed by atoms with E-state index >= 15 is 0 Å². The van der Waals surface area contributed by atoms with Gasteiger partial charge in [0.2, 0.25) is 13.1 Å². The number of fused-ring (bicyclic) bond motifs is 6. The van der Waals surface area contributed by atoms with Gasteiger partial charge in [-0.05, 0) is 18.2 Å². The van der Waals surface area contributed by atoms with Crippen LogP contribution in [0.4, 0.5) is 0 Å². The number of aliphatic hydroxyl groups excluding tert-OH is 4. The minimum Gasteiger partial charge on any atom is -0.492 e. The van der Waals surface area contributed by atoms with Gasteiger partial charge in [0.1, 0.15) is 47.8 Å². The van der Waals surface area contributed by atoms with Gasteiger partial charge in [0.25, 0.3) is 0 Å². The largest absolute Gasteiger partial charge is 0.492 e.